The second-order valence-electron chi connectivity index (χ2n) is 5.91. The molecule has 1 unspecified atom stereocenters. The van der Waals surface area contributed by atoms with Gasteiger partial charge in [-0.25, -0.2) is 0 Å². The Labute approximate surface area is 133 Å². The monoisotopic (exact) mass is 310 g/mol. The summed E-state index contributed by atoms with van der Waals surface area (Å²) in [5.74, 6) is -0.155. The Balaban J connectivity index is 2.43. The van der Waals surface area contributed by atoms with E-state index in [1.165, 1.54) is 0 Å². The topological polar surface area (TPSA) is 66.8 Å². The number of aliphatic hydroxyl groups excluding tert-OH is 2. The van der Waals surface area contributed by atoms with Gasteiger partial charge in [0.25, 0.3) is 0 Å². The maximum absolute atomic E-state index is 11.4. The molecule has 0 aromatic heterocycles. The number of hydrogen-bond donors (Lipinski definition) is 2. The summed E-state index contributed by atoms with van der Waals surface area (Å²) in [5, 5.41) is 19.9. The van der Waals surface area contributed by atoms with Crippen LogP contribution in [0.15, 0.2) is 24.3 Å². The van der Waals surface area contributed by atoms with Crippen LogP contribution in [-0.2, 0) is 9.53 Å². The molecule has 0 radical (unpaired) electrons. The van der Waals surface area contributed by atoms with Gasteiger partial charge in [0.15, 0.2) is 0 Å². The summed E-state index contributed by atoms with van der Waals surface area (Å²) in [5.41, 5.74) is 0. The number of allylic oxidation sites excluding steroid dienone is 2. The molecule has 1 aliphatic carbocycles. The van der Waals surface area contributed by atoms with Gasteiger partial charge in [-0.1, -0.05) is 50.5 Å². The molecule has 0 heterocycles. The predicted molar refractivity (Wildman–Crippen MR) is 87.3 cm³/mol. The number of ether oxygens (including phenoxy) is 1. The number of aliphatic hydroxyl groups is 2. The average Bonchev–Trinajstić information content (AvgIpc) is 2.84. The average molecular weight is 310 g/mol. The molecule has 0 saturated heterocycles. The highest BCUT2D eigenvalue weighted by atomic mass is 16.5. The minimum absolute atomic E-state index is 0.0107. The van der Waals surface area contributed by atoms with E-state index in [4.69, 9.17) is 4.74 Å². The van der Waals surface area contributed by atoms with E-state index in [1.54, 1.807) is 13.0 Å². The molecule has 1 rings (SSSR count). The largest absolute Gasteiger partial charge is 0.466 e. The molecule has 0 bridgehead atoms. The SMILES string of the molecule is CCCCCC(O)C=C[C@H]1C=C[C@H](O)[C@H]1CCC(=O)OCC. The fraction of sp³-hybridized carbons (Fsp3) is 0.722. The Hall–Kier alpha value is -1.13. The van der Waals surface area contributed by atoms with Gasteiger partial charge in [0.05, 0.1) is 18.8 Å². The fourth-order valence-corrected chi connectivity index (χ4v) is 2.80. The van der Waals surface area contributed by atoms with Crippen molar-refractivity contribution in [1.29, 1.82) is 0 Å². The number of esters is 1. The fourth-order valence-electron chi connectivity index (χ4n) is 2.80. The molecule has 4 atom stereocenters. The minimum Gasteiger partial charge on any atom is -0.466 e. The lowest BCUT2D eigenvalue weighted by atomic mass is 9.88. The van der Waals surface area contributed by atoms with Gasteiger partial charge in [0, 0.05) is 12.3 Å². The second-order valence-corrected chi connectivity index (χ2v) is 5.91. The zero-order valence-corrected chi connectivity index (χ0v) is 13.8. The van der Waals surface area contributed by atoms with Gasteiger partial charge >= 0.3 is 5.97 Å². The summed E-state index contributed by atoms with van der Waals surface area (Å²) in [6.45, 7) is 4.31. The van der Waals surface area contributed by atoms with Crippen LogP contribution in [0.1, 0.15) is 52.4 Å². The summed E-state index contributed by atoms with van der Waals surface area (Å²) < 4.78 is 4.93. The Morgan fingerprint density at radius 3 is 2.77 bits per heavy atom. The number of carbonyl (C=O) groups excluding carboxylic acids is 1. The molecule has 0 saturated carbocycles. The quantitative estimate of drug-likeness (QED) is 0.370. The first-order chi connectivity index (χ1) is 10.6. The standard InChI is InChI=1S/C18H30O4/c1-3-5-6-7-15(19)10-8-14-9-12-17(20)16(14)11-13-18(21)22-4-2/h8-10,12,14-17,19-20H,3-7,11,13H2,1-2H3/t14-,15?,16-,17-/m0/s1. The number of unbranched alkanes of at least 4 members (excludes halogenated alkanes) is 2. The van der Waals surface area contributed by atoms with Crippen molar-refractivity contribution in [2.24, 2.45) is 11.8 Å². The molecule has 4 nitrogen and oxygen atoms in total. The van der Waals surface area contributed by atoms with Gasteiger partial charge in [-0.15, -0.1) is 0 Å². The summed E-state index contributed by atoms with van der Waals surface area (Å²) in [6, 6.07) is 0. The van der Waals surface area contributed by atoms with Crippen molar-refractivity contribution in [2.45, 2.75) is 64.6 Å². The minimum atomic E-state index is -0.527. The second kappa shape index (κ2) is 10.6. The third kappa shape index (κ3) is 6.75. The highest BCUT2D eigenvalue weighted by molar-refractivity contribution is 5.69. The van der Waals surface area contributed by atoms with E-state index in [0.717, 1.165) is 25.7 Å². The van der Waals surface area contributed by atoms with Gasteiger partial charge < -0.3 is 14.9 Å². The Morgan fingerprint density at radius 2 is 2.09 bits per heavy atom. The lowest BCUT2D eigenvalue weighted by Crippen LogP contribution is -2.21. The van der Waals surface area contributed by atoms with Crippen LogP contribution in [0.3, 0.4) is 0 Å². The molecule has 0 aliphatic heterocycles. The highest BCUT2D eigenvalue weighted by Gasteiger charge is 2.29. The van der Waals surface area contributed by atoms with Crippen molar-refractivity contribution >= 4 is 5.97 Å². The van der Waals surface area contributed by atoms with Gasteiger partial charge in [-0.05, 0) is 25.7 Å². The van der Waals surface area contributed by atoms with Crippen molar-refractivity contribution < 1.29 is 19.7 Å². The van der Waals surface area contributed by atoms with E-state index in [9.17, 15) is 15.0 Å². The van der Waals surface area contributed by atoms with E-state index in [2.05, 4.69) is 6.92 Å². The Kier molecular flexibility index (Phi) is 9.09. The lowest BCUT2D eigenvalue weighted by Gasteiger charge is -2.20. The molecule has 0 amide bonds. The first-order valence-corrected chi connectivity index (χ1v) is 8.46. The molecule has 0 fully saturated rings. The molecule has 1 aliphatic rings. The first kappa shape index (κ1) is 18.9. The summed E-state index contributed by atoms with van der Waals surface area (Å²) in [7, 11) is 0. The van der Waals surface area contributed by atoms with E-state index >= 15 is 0 Å². The van der Waals surface area contributed by atoms with Crippen LogP contribution < -0.4 is 0 Å². The third-order valence-corrected chi connectivity index (χ3v) is 4.11. The molecule has 2 N–H and O–H groups in total. The molecular formula is C18H30O4. The van der Waals surface area contributed by atoms with E-state index < -0.39 is 12.2 Å². The summed E-state index contributed by atoms with van der Waals surface area (Å²) in [6.07, 6.45) is 11.5. The molecule has 0 aromatic carbocycles. The van der Waals surface area contributed by atoms with E-state index in [0.29, 0.717) is 19.4 Å². The molecule has 22 heavy (non-hydrogen) atoms. The van der Waals surface area contributed by atoms with Crippen LogP contribution >= 0.6 is 0 Å². The summed E-state index contributed by atoms with van der Waals surface area (Å²) in [4.78, 5) is 11.4. The van der Waals surface area contributed by atoms with Crippen LogP contribution in [0.25, 0.3) is 0 Å². The number of carbonyl (C=O) groups is 1. The number of hydrogen-bond acceptors (Lipinski definition) is 4. The Bertz CT molecular complexity index is 375. The van der Waals surface area contributed by atoms with E-state index in [-0.39, 0.29) is 17.8 Å². The van der Waals surface area contributed by atoms with Crippen LogP contribution in [0.2, 0.25) is 0 Å². The van der Waals surface area contributed by atoms with Gasteiger partial charge in [-0.3, -0.25) is 4.79 Å². The van der Waals surface area contributed by atoms with Crippen LogP contribution in [0, 0.1) is 11.8 Å². The smallest absolute Gasteiger partial charge is 0.305 e. The van der Waals surface area contributed by atoms with Crippen LogP contribution in [0.4, 0.5) is 0 Å². The highest BCUT2D eigenvalue weighted by Crippen LogP contribution is 2.31. The molecule has 0 spiro atoms. The Morgan fingerprint density at radius 1 is 1.32 bits per heavy atom. The molecule has 4 heteroatoms. The van der Waals surface area contributed by atoms with Crippen LogP contribution in [0.5, 0.6) is 0 Å². The van der Waals surface area contributed by atoms with Gasteiger partial charge in [0.1, 0.15) is 0 Å². The molecule has 126 valence electrons. The van der Waals surface area contributed by atoms with Crippen LogP contribution in [-0.4, -0.2) is 35.0 Å². The van der Waals surface area contributed by atoms with Gasteiger partial charge in [0.2, 0.25) is 0 Å². The zero-order chi connectivity index (χ0) is 16.4. The van der Waals surface area contributed by atoms with Crippen molar-refractivity contribution in [3.05, 3.63) is 24.3 Å². The maximum atomic E-state index is 11.4. The van der Waals surface area contributed by atoms with Crippen molar-refractivity contribution in [2.75, 3.05) is 6.61 Å². The predicted octanol–water partition coefficient (Wildman–Crippen LogP) is 2.99. The molecular weight excluding hydrogens is 280 g/mol. The normalized spacial score (nSPS) is 25.7. The first-order valence-electron chi connectivity index (χ1n) is 8.46. The summed E-state index contributed by atoms with van der Waals surface area (Å²) >= 11 is 0. The zero-order valence-electron chi connectivity index (χ0n) is 13.8. The molecule has 0 aromatic rings. The van der Waals surface area contributed by atoms with E-state index in [1.807, 2.05) is 18.2 Å². The maximum Gasteiger partial charge on any atom is 0.305 e. The lowest BCUT2D eigenvalue weighted by molar-refractivity contribution is -0.143. The van der Waals surface area contributed by atoms with Gasteiger partial charge in [-0.2, -0.15) is 0 Å². The van der Waals surface area contributed by atoms with Crippen molar-refractivity contribution in [3.8, 4) is 0 Å². The van der Waals surface area contributed by atoms with Crippen molar-refractivity contribution in [3.63, 3.8) is 0 Å². The van der Waals surface area contributed by atoms with Crippen molar-refractivity contribution in [1.82, 2.24) is 0 Å². The third-order valence-electron chi connectivity index (χ3n) is 4.11. The number of rotatable bonds is 10.